The lowest BCUT2D eigenvalue weighted by Gasteiger charge is -2.36. The summed E-state index contributed by atoms with van der Waals surface area (Å²) in [4.78, 5) is 6.52. The van der Waals surface area contributed by atoms with Crippen LogP contribution in [0, 0.1) is 5.82 Å². The van der Waals surface area contributed by atoms with Crippen molar-refractivity contribution in [1.29, 1.82) is 0 Å². The van der Waals surface area contributed by atoms with E-state index in [1.54, 1.807) is 0 Å². The lowest BCUT2D eigenvalue weighted by atomic mass is 10.3. The summed E-state index contributed by atoms with van der Waals surface area (Å²) < 4.78 is 40.0. The Labute approximate surface area is 181 Å². The van der Waals surface area contributed by atoms with Crippen molar-refractivity contribution in [3.63, 3.8) is 0 Å². The van der Waals surface area contributed by atoms with Crippen LogP contribution in [-0.2, 0) is 10.0 Å². The molecule has 3 heterocycles. The van der Waals surface area contributed by atoms with Crippen LogP contribution in [0.25, 0.3) is 0 Å². The number of sulfonamides is 1. The first kappa shape index (κ1) is 21.9. The van der Waals surface area contributed by atoms with Crippen LogP contribution in [0.15, 0.2) is 41.3 Å². The van der Waals surface area contributed by atoms with Crippen molar-refractivity contribution in [2.75, 3.05) is 75.3 Å². The number of hydrogen-bond donors (Lipinski definition) is 1. The summed E-state index contributed by atoms with van der Waals surface area (Å²) in [7, 11) is -3.64. The van der Waals surface area contributed by atoms with E-state index in [1.165, 1.54) is 16.4 Å². The van der Waals surface area contributed by atoms with Crippen LogP contribution in [0.2, 0.25) is 0 Å². The molecule has 0 spiro atoms. The van der Waals surface area contributed by atoms with Gasteiger partial charge >= 0.3 is 0 Å². The fraction of sp³-hybridized carbons (Fsp3) is 0.500. The van der Waals surface area contributed by atoms with Gasteiger partial charge < -0.3 is 14.9 Å². The third-order valence-corrected chi connectivity index (χ3v) is 7.68. The Morgan fingerprint density at radius 1 is 0.806 bits per heavy atom. The van der Waals surface area contributed by atoms with Crippen LogP contribution in [0.5, 0.6) is 0 Å². The molecule has 2 aliphatic heterocycles. The Hall–Kier alpha value is -2.34. The average molecular weight is 451 g/mol. The number of piperazine rings is 2. The van der Waals surface area contributed by atoms with Crippen LogP contribution in [0.4, 0.5) is 16.0 Å². The standard InChI is InChI=1S/C20H27FN6O3S/c21-17-1-3-18(4-2-17)31(29,30)27-13-11-26(12-14-27)20-6-5-19(22-23-20)25-9-7-24(8-10-25)15-16-28/h1-6,28H,7-16H2. The van der Waals surface area contributed by atoms with Crippen LogP contribution >= 0.6 is 0 Å². The third kappa shape index (κ3) is 4.95. The van der Waals surface area contributed by atoms with Gasteiger partial charge in [-0.05, 0) is 36.4 Å². The molecule has 2 saturated heterocycles. The van der Waals surface area contributed by atoms with E-state index in [-0.39, 0.29) is 11.5 Å². The van der Waals surface area contributed by atoms with Gasteiger partial charge in [-0.1, -0.05) is 0 Å². The molecule has 0 radical (unpaired) electrons. The maximum Gasteiger partial charge on any atom is 0.243 e. The number of nitrogens with zero attached hydrogens (tertiary/aromatic N) is 6. The van der Waals surface area contributed by atoms with Crippen molar-refractivity contribution in [2.24, 2.45) is 0 Å². The summed E-state index contributed by atoms with van der Waals surface area (Å²) >= 11 is 0. The van der Waals surface area contributed by atoms with Gasteiger partial charge in [0.2, 0.25) is 10.0 Å². The van der Waals surface area contributed by atoms with Crippen LogP contribution in [0.3, 0.4) is 0 Å². The van der Waals surface area contributed by atoms with Gasteiger partial charge in [0.15, 0.2) is 11.6 Å². The molecule has 0 unspecified atom stereocenters. The molecule has 2 fully saturated rings. The normalized spacial score (nSPS) is 19.0. The highest BCUT2D eigenvalue weighted by Crippen LogP contribution is 2.21. The zero-order valence-corrected chi connectivity index (χ0v) is 18.1. The maximum absolute atomic E-state index is 13.1. The minimum Gasteiger partial charge on any atom is -0.395 e. The topological polar surface area (TPSA) is 93.1 Å². The number of rotatable bonds is 6. The van der Waals surface area contributed by atoms with Crippen molar-refractivity contribution < 1.29 is 17.9 Å². The lowest BCUT2D eigenvalue weighted by Crippen LogP contribution is -2.49. The SMILES string of the molecule is O=S(=O)(c1ccc(F)cc1)N1CCN(c2ccc(N3CCN(CCO)CC3)nn2)CC1. The number of β-amino-alcohol motifs (C(OH)–C–C–N with tert-alkyl or cyclic N) is 1. The number of aliphatic hydroxyl groups is 1. The minimum absolute atomic E-state index is 0.102. The molecule has 31 heavy (non-hydrogen) atoms. The molecule has 4 rings (SSSR count). The second kappa shape index (κ2) is 9.43. The number of anilines is 2. The summed E-state index contributed by atoms with van der Waals surface area (Å²) in [5.41, 5.74) is 0. The molecule has 168 valence electrons. The Balaban J connectivity index is 1.33. The number of benzene rings is 1. The van der Waals surface area contributed by atoms with Gasteiger partial charge in [-0.3, -0.25) is 4.90 Å². The predicted molar refractivity (Wildman–Crippen MR) is 115 cm³/mol. The van der Waals surface area contributed by atoms with Crippen molar-refractivity contribution in [3.8, 4) is 0 Å². The number of aliphatic hydroxyl groups excluding tert-OH is 1. The fourth-order valence-corrected chi connectivity index (χ4v) is 5.33. The van der Waals surface area contributed by atoms with E-state index in [0.717, 1.165) is 49.9 Å². The van der Waals surface area contributed by atoms with Crippen LogP contribution in [-0.4, -0.2) is 98.4 Å². The molecule has 1 aromatic heterocycles. The van der Waals surface area contributed by atoms with E-state index in [2.05, 4.69) is 20.0 Å². The van der Waals surface area contributed by atoms with Crippen LogP contribution in [0.1, 0.15) is 0 Å². The Bertz CT molecular complexity index is 957. The minimum atomic E-state index is -3.64. The molecule has 2 aromatic rings. The van der Waals surface area contributed by atoms with Gasteiger partial charge in [0.05, 0.1) is 11.5 Å². The number of aromatic nitrogens is 2. The number of halogens is 1. The molecule has 0 saturated carbocycles. The molecule has 0 bridgehead atoms. The largest absolute Gasteiger partial charge is 0.395 e. The Kier molecular flexibility index (Phi) is 6.65. The van der Waals surface area contributed by atoms with E-state index < -0.39 is 15.8 Å². The summed E-state index contributed by atoms with van der Waals surface area (Å²) in [5, 5.41) is 17.8. The van der Waals surface area contributed by atoms with Gasteiger partial charge in [-0.15, -0.1) is 10.2 Å². The summed E-state index contributed by atoms with van der Waals surface area (Å²) in [6, 6.07) is 8.79. The highest BCUT2D eigenvalue weighted by Gasteiger charge is 2.29. The molecule has 1 aromatic carbocycles. The van der Waals surface area contributed by atoms with Crippen molar-refractivity contribution in [3.05, 3.63) is 42.2 Å². The molecule has 9 nitrogen and oxygen atoms in total. The van der Waals surface area contributed by atoms with Gasteiger partial charge in [-0.25, -0.2) is 12.8 Å². The highest BCUT2D eigenvalue weighted by atomic mass is 32.2. The molecule has 0 amide bonds. The quantitative estimate of drug-likeness (QED) is 0.669. The van der Waals surface area contributed by atoms with E-state index in [4.69, 9.17) is 5.11 Å². The summed E-state index contributed by atoms with van der Waals surface area (Å²) in [6.07, 6.45) is 0. The first-order valence-electron chi connectivity index (χ1n) is 10.4. The Morgan fingerprint density at radius 3 is 1.81 bits per heavy atom. The monoisotopic (exact) mass is 450 g/mol. The van der Waals surface area contributed by atoms with Crippen LogP contribution < -0.4 is 9.80 Å². The average Bonchev–Trinajstić information content (AvgIpc) is 2.80. The van der Waals surface area contributed by atoms with Gasteiger partial charge in [0.25, 0.3) is 0 Å². The van der Waals surface area contributed by atoms with Gasteiger partial charge in [-0.2, -0.15) is 4.31 Å². The molecule has 0 aliphatic carbocycles. The zero-order valence-electron chi connectivity index (χ0n) is 17.3. The molecule has 0 atom stereocenters. The summed E-state index contributed by atoms with van der Waals surface area (Å²) in [6.45, 7) is 5.99. The summed E-state index contributed by atoms with van der Waals surface area (Å²) in [5.74, 6) is 1.09. The number of hydrogen-bond acceptors (Lipinski definition) is 8. The van der Waals surface area contributed by atoms with E-state index in [9.17, 15) is 12.8 Å². The fourth-order valence-electron chi connectivity index (χ4n) is 3.91. The zero-order chi connectivity index (χ0) is 21.8. The molecule has 11 heteroatoms. The van der Waals surface area contributed by atoms with E-state index in [1.807, 2.05) is 17.0 Å². The first-order chi connectivity index (χ1) is 15.0. The molecule has 1 N–H and O–H groups in total. The van der Waals surface area contributed by atoms with Gasteiger partial charge in [0.1, 0.15) is 5.82 Å². The molecule has 2 aliphatic rings. The molecular weight excluding hydrogens is 423 g/mol. The lowest BCUT2D eigenvalue weighted by molar-refractivity contribution is 0.188. The van der Waals surface area contributed by atoms with Crippen molar-refractivity contribution in [1.82, 2.24) is 19.4 Å². The second-order valence-electron chi connectivity index (χ2n) is 7.65. The third-order valence-electron chi connectivity index (χ3n) is 5.76. The first-order valence-corrected chi connectivity index (χ1v) is 11.8. The second-order valence-corrected chi connectivity index (χ2v) is 9.59. The smallest absolute Gasteiger partial charge is 0.243 e. The predicted octanol–water partition coefficient (Wildman–Crippen LogP) is 0.241. The highest BCUT2D eigenvalue weighted by molar-refractivity contribution is 7.89. The maximum atomic E-state index is 13.1. The Morgan fingerprint density at radius 2 is 1.32 bits per heavy atom. The van der Waals surface area contributed by atoms with E-state index >= 15 is 0 Å². The van der Waals surface area contributed by atoms with Crippen molar-refractivity contribution >= 4 is 21.7 Å². The van der Waals surface area contributed by atoms with E-state index in [0.29, 0.717) is 32.7 Å². The van der Waals surface area contributed by atoms with Gasteiger partial charge in [0, 0.05) is 58.9 Å². The molecular formula is C20H27FN6O3S. The van der Waals surface area contributed by atoms with Crippen molar-refractivity contribution in [2.45, 2.75) is 4.90 Å².